The molecule has 0 spiro atoms. The number of likely N-dealkylation sites (N-methyl/N-ethyl adjacent to an activating group) is 1. The second kappa shape index (κ2) is 7.95. The van der Waals surface area contributed by atoms with Gasteiger partial charge in [0.25, 0.3) is 0 Å². The van der Waals surface area contributed by atoms with Crippen molar-refractivity contribution < 1.29 is 9.90 Å². The summed E-state index contributed by atoms with van der Waals surface area (Å²) in [5, 5.41) is 9.70. The van der Waals surface area contributed by atoms with E-state index in [0.29, 0.717) is 12.1 Å². The fourth-order valence-electron chi connectivity index (χ4n) is 3.22. The number of aliphatic carboxylic acids is 1. The van der Waals surface area contributed by atoms with E-state index >= 15 is 0 Å². The van der Waals surface area contributed by atoms with Crippen LogP contribution < -0.4 is 0 Å². The number of carboxylic acid groups (broad SMARTS) is 1. The molecule has 0 amide bonds. The molecular formula is C17H25ClN2O2. The molecule has 1 heterocycles. The average molecular weight is 325 g/mol. The Labute approximate surface area is 137 Å². The summed E-state index contributed by atoms with van der Waals surface area (Å²) in [4.78, 5) is 15.3. The van der Waals surface area contributed by atoms with Crippen LogP contribution in [0.4, 0.5) is 0 Å². The zero-order valence-electron chi connectivity index (χ0n) is 13.3. The number of carboxylic acids is 1. The molecule has 1 aliphatic rings. The van der Waals surface area contributed by atoms with Crippen molar-refractivity contribution >= 4 is 17.6 Å². The molecular weight excluding hydrogens is 300 g/mol. The third kappa shape index (κ3) is 4.70. The maximum absolute atomic E-state index is 10.9. The van der Waals surface area contributed by atoms with Gasteiger partial charge in [-0.2, -0.15) is 0 Å². The van der Waals surface area contributed by atoms with Crippen molar-refractivity contribution in [3.8, 4) is 0 Å². The summed E-state index contributed by atoms with van der Waals surface area (Å²) < 4.78 is 0. The van der Waals surface area contributed by atoms with E-state index in [9.17, 15) is 4.79 Å². The SMILES string of the molecule is CC(c1ccc(Cl)cc1)N1CCCC(N(C)CC(=O)O)CC1. The maximum Gasteiger partial charge on any atom is 0.317 e. The molecule has 2 rings (SSSR count). The minimum absolute atomic E-state index is 0.122. The van der Waals surface area contributed by atoms with Gasteiger partial charge in [0, 0.05) is 23.7 Å². The summed E-state index contributed by atoms with van der Waals surface area (Å²) in [6.45, 7) is 4.40. The number of hydrogen-bond acceptors (Lipinski definition) is 3. The normalized spacial score (nSPS) is 21.5. The molecule has 1 aromatic carbocycles. The zero-order chi connectivity index (χ0) is 16.1. The predicted octanol–water partition coefficient (Wildman–Crippen LogP) is 3.27. The van der Waals surface area contributed by atoms with Gasteiger partial charge in [0.2, 0.25) is 0 Å². The van der Waals surface area contributed by atoms with Crippen molar-refractivity contribution in [2.24, 2.45) is 0 Å². The quantitative estimate of drug-likeness (QED) is 0.902. The summed E-state index contributed by atoms with van der Waals surface area (Å²) in [5.41, 5.74) is 1.28. The molecule has 0 saturated carbocycles. The summed E-state index contributed by atoms with van der Waals surface area (Å²) in [6.07, 6.45) is 3.18. The highest BCUT2D eigenvalue weighted by molar-refractivity contribution is 6.30. The van der Waals surface area contributed by atoms with Crippen LogP contribution in [0.15, 0.2) is 24.3 Å². The summed E-state index contributed by atoms with van der Waals surface area (Å²) in [7, 11) is 1.91. The molecule has 2 unspecified atom stereocenters. The first-order valence-corrected chi connectivity index (χ1v) is 8.26. The maximum atomic E-state index is 10.9. The van der Waals surface area contributed by atoms with E-state index in [-0.39, 0.29) is 6.54 Å². The Morgan fingerprint density at radius 2 is 2.05 bits per heavy atom. The second-order valence-corrected chi connectivity index (χ2v) is 6.59. The monoisotopic (exact) mass is 324 g/mol. The highest BCUT2D eigenvalue weighted by atomic mass is 35.5. The molecule has 122 valence electrons. The first-order chi connectivity index (χ1) is 10.5. The van der Waals surface area contributed by atoms with E-state index in [1.165, 1.54) is 5.56 Å². The van der Waals surface area contributed by atoms with Gasteiger partial charge in [-0.05, 0) is 57.5 Å². The Morgan fingerprint density at radius 1 is 1.36 bits per heavy atom. The molecule has 1 aromatic rings. The zero-order valence-corrected chi connectivity index (χ0v) is 14.1. The van der Waals surface area contributed by atoms with Crippen LogP contribution in [-0.2, 0) is 4.79 Å². The van der Waals surface area contributed by atoms with Crippen LogP contribution in [-0.4, -0.2) is 53.6 Å². The highest BCUT2D eigenvalue weighted by Crippen LogP contribution is 2.26. The molecule has 5 heteroatoms. The molecule has 22 heavy (non-hydrogen) atoms. The minimum Gasteiger partial charge on any atom is -0.480 e. The summed E-state index contributed by atoms with van der Waals surface area (Å²) in [6, 6.07) is 8.78. The largest absolute Gasteiger partial charge is 0.480 e. The van der Waals surface area contributed by atoms with Crippen molar-refractivity contribution in [3.05, 3.63) is 34.9 Å². The van der Waals surface area contributed by atoms with Gasteiger partial charge in [0.1, 0.15) is 0 Å². The topological polar surface area (TPSA) is 43.8 Å². The fourth-order valence-corrected chi connectivity index (χ4v) is 3.35. The van der Waals surface area contributed by atoms with Gasteiger partial charge in [-0.25, -0.2) is 0 Å². The van der Waals surface area contributed by atoms with Crippen molar-refractivity contribution in [2.75, 3.05) is 26.7 Å². The first kappa shape index (κ1) is 17.3. The molecule has 1 N–H and O–H groups in total. The Bertz CT molecular complexity index is 492. The number of benzene rings is 1. The van der Waals surface area contributed by atoms with Crippen LogP contribution in [0, 0.1) is 0 Å². The molecule has 1 saturated heterocycles. The van der Waals surface area contributed by atoms with E-state index in [1.807, 2.05) is 24.1 Å². The molecule has 2 atom stereocenters. The molecule has 0 bridgehead atoms. The van der Waals surface area contributed by atoms with Gasteiger partial charge in [0.05, 0.1) is 6.54 Å². The first-order valence-electron chi connectivity index (χ1n) is 7.89. The summed E-state index contributed by atoms with van der Waals surface area (Å²) >= 11 is 5.96. The average Bonchev–Trinajstić information content (AvgIpc) is 2.72. The van der Waals surface area contributed by atoms with E-state index in [0.717, 1.165) is 37.4 Å². The Morgan fingerprint density at radius 3 is 2.68 bits per heavy atom. The smallest absolute Gasteiger partial charge is 0.317 e. The van der Waals surface area contributed by atoms with Crippen LogP contribution in [0.5, 0.6) is 0 Å². The van der Waals surface area contributed by atoms with E-state index < -0.39 is 5.97 Å². The number of carbonyl (C=O) groups is 1. The lowest BCUT2D eigenvalue weighted by atomic mass is 10.1. The summed E-state index contributed by atoms with van der Waals surface area (Å²) in [5.74, 6) is -0.752. The van der Waals surface area contributed by atoms with Gasteiger partial charge >= 0.3 is 5.97 Å². The van der Waals surface area contributed by atoms with Gasteiger partial charge in [-0.1, -0.05) is 23.7 Å². The second-order valence-electron chi connectivity index (χ2n) is 6.16. The van der Waals surface area contributed by atoms with Crippen LogP contribution in [0.1, 0.15) is 37.8 Å². The number of hydrogen-bond donors (Lipinski definition) is 1. The number of nitrogens with zero attached hydrogens (tertiary/aromatic N) is 2. The number of rotatable bonds is 5. The van der Waals surface area contributed by atoms with Gasteiger partial charge in [-0.15, -0.1) is 0 Å². The van der Waals surface area contributed by atoms with E-state index in [2.05, 4.69) is 24.0 Å². The van der Waals surface area contributed by atoms with Crippen molar-refractivity contribution in [3.63, 3.8) is 0 Å². The lowest BCUT2D eigenvalue weighted by Gasteiger charge is -2.29. The van der Waals surface area contributed by atoms with Crippen molar-refractivity contribution in [1.29, 1.82) is 0 Å². The Kier molecular flexibility index (Phi) is 6.24. The molecule has 4 nitrogen and oxygen atoms in total. The van der Waals surface area contributed by atoms with E-state index in [4.69, 9.17) is 16.7 Å². The molecule has 1 aliphatic heterocycles. The van der Waals surface area contributed by atoms with E-state index in [1.54, 1.807) is 0 Å². The van der Waals surface area contributed by atoms with Crippen molar-refractivity contribution in [1.82, 2.24) is 9.80 Å². The third-order valence-corrected chi connectivity index (χ3v) is 4.89. The van der Waals surface area contributed by atoms with Crippen molar-refractivity contribution in [2.45, 2.75) is 38.3 Å². The van der Waals surface area contributed by atoms with Crippen LogP contribution in [0.2, 0.25) is 5.02 Å². The predicted molar refractivity (Wildman–Crippen MR) is 89.3 cm³/mol. The Balaban J connectivity index is 1.94. The van der Waals surface area contributed by atoms with Crippen LogP contribution in [0.3, 0.4) is 0 Å². The molecule has 1 fully saturated rings. The fraction of sp³-hybridized carbons (Fsp3) is 0.588. The number of halogens is 1. The molecule has 0 aromatic heterocycles. The highest BCUT2D eigenvalue weighted by Gasteiger charge is 2.24. The van der Waals surface area contributed by atoms with Gasteiger partial charge in [-0.3, -0.25) is 14.6 Å². The lowest BCUT2D eigenvalue weighted by molar-refractivity contribution is -0.138. The molecule has 0 radical (unpaired) electrons. The van der Waals surface area contributed by atoms with Crippen LogP contribution in [0.25, 0.3) is 0 Å². The molecule has 0 aliphatic carbocycles. The minimum atomic E-state index is -0.752. The Hall–Kier alpha value is -1.10. The van der Waals surface area contributed by atoms with Crippen LogP contribution >= 0.6 is 11.6 Å². The lowest BCUT2D eigenvalue weighted by Crippen LogP contribution is -2.36. The number of likely N-dealkylation sites (tertiary alicyclic amines) is 1. The van der Waals surface area contributed by atoms with Gasteiger partial charge < -0.3 is 5.11 Å². The third-order valence-electron chi connectivity index (χ3n) is 4.64. The standard InChI is InChI=1S/C17H25ClN2O2/c1-13(14-5-7-15(18)8-6-14)20-10-3-4-16(9-11-20)19(2)12-17(21)22/h5-8,13,16H,3-4,9-12H2,1-2H3,(H,21,22). The van der Waals surface area contributed by atoms with Gasteiger partial charge in [0.15, 0.2) is 0 Å².